The van der Waals surface area contributed by atoms with Crippen LogP contribution >= 0.6 is 0 Å². The molecule has 1 aromatic carbocycles. The maximum atomic E-state index is 11.5. The van der Waals surface area contributed by atoms with Gasteiger partial charge >= 0.3 is 159 Å². The summed E-state index contributed by atoms with van der Waals surface area (Å²) in [6, 6.07) is 13.8. The SMILES string of the molecule is C=Bc1cnc(Nc2ccc(N3CCN(C(C)=O)CC3)cc2)nc1Nc1ccccn1. The molecule has 0 bridgehead atoms. The van der Waals surface area contributed by atoms with Gasteiger partial charge in [-0.1, -0.05) is 0 Å². The van der Waals surface area contributed by atoms with Crippen molar-refractivity contribution in [1.29, 1.82) is 0 Å². The molecule has 1 fully saturated rings. The molecule has 1 saturated heterocycles. The van der Waals surface area contributed by atoms with Crippen LogP contribution in [0.2, 0.25) is 0 Å². The summed E-state index contributed by atoms with van der Waals surface area (Å²) in [4.78, 5) is 28.9. The Hall–Kier alpha value is -3.75. The summed E-state index contributed by atoms with van der Waals surface area (Å²) in [5, 5.41) is 6.45. The Morgan fingerprint density at radius 1 is 1.03 bits per heavy atom. The molecule has 0 unspecified atom stereocenters. The topological polar surface area (TPSA) is 86.3 Å². The van der Waals surface area contributed by atoms with Crippen molar-refractivity contribution in [1.82, 2.24) is 19.9 Å². The fourth-order valence-corrected chi connectivity index (χ4v) is 3.42. The molecule has 4 rings (SSSR count). The van der Waals surface area contributed by atoms with E-state index in [2.05, 4.69) is 49.1 Å². The van der Waals surface area contributed by atoms with Gasteiger partial charge in [-0.15, -0.1) is 0 Å². The van der Waals surface area contributed by atoms with Gasteiger partial charge in [0.2, 0.25) is 5.91 Å². The molecule has 0 atom stereocenters. The Morgan fingerprint density at radius 2 is 1.81 bits per heavy atom. The zero-order valence-corrected chi connectivity index (χ0v) is 17.5. The second-order valence-corrected chi connectivity index (χ2v) is 7.21. The molecule has 0 aliphatic carbocycles. The quantitative estimate of drug-likeness (QED) is 0.596. The van der Waals surface area contributed by atoms with E-state index in [1.54, 1.807) is 26.2 Å². The van der Waals surface area contributed by atoms with Crippen LogP contribution in [0.15, 0.2) is 54.9 Å². The molecule has 1 amide bonds. The van der Waals surface area contributed by atoms with Crippen LogP contribution < -0.4 is 21.0 Å². The van der Waals surface area contributed by atoms with E-state index in [4.69, 9.17) is 0 Å². The van der Waals surface area contributed by atoms with Crippen LogP contribution in [0, 0.1) is 0 Å². The predicted octanol–water partition coefficient (Wildman–Crippen LogP) is 1.79. The number of nitrogens with zero attached hydrogens (tertiary/aromatic N) is 5. The first-order valence-electron chi connectivity index (χ1n) is 10.2. The van der Waals surface area contributed by atoms with E-state index in [9.17, 15) is 4.79 Å². The van der Waals surface area contributed by atoms with Crippen molar-refractivity contribution in [2.75, 3.05) is 41.7 Å². The van der Waals surface area contributed by atoms with Crippen molar-refractivity contribution < 1.29 is 4.79 Å². The minimum absolute atomic E-state index is 0.138. The third-order valence-electron chi connectivity index (χ3n) is 5.16. The summed E-state index contributed by atoms with van der Waals surface area (Å²) in [5.74, 6) is 1.95. The third kappa shape index (κ3) is 5.06. The average molecular weight is 413 g/mol. The van der Waals surface area contributed by atoms with Gasteiger partial charge in [-0.05, 0) is 0 Å². The van der Waals surface area contributed by atoms with Gasteiger partial charge in [0.05, 0.1) is 0 Å². The van der Waals surface area contributed by atoms with Crippen molar-refractivity contribution >= 4 is 53.7 Å². The van der Waals surface area contributed by atoms with Crippen molar-refractivity contribution in [3.05, 3.63) is 54.9 Å². The molecule has 156 valence electrons. The first kappa shape index (κ1) is 20.5. The number of carbonyl (C=O) groups excluding carboxylic acids is 1. The number of amides is 1. The van der Waals surface area contributed by atoms with Crippen LogP contribution in [-0.4, -0.2) is 65.3 Å². The van der Waals surface area contributed by atoms with E-state index in [-0.39, 0.29) is 5.91 Å². The molecule has 1 aliphatic rings. The summed E-state index contributed by atoms with van der Waals surface area (Å²) in [5.41, 5.74) is 2.81. The number of piperazine rings is 1. The molecular formula is C22H24BN7O. The number of aromatic nitrogens is 3. The predicted molar refractivity (Wildman–Crippen MR) is 126 cm³/mol. The van der Waals surface area contributed by atoms with Crippen LogP contribution in [0.3, 0.4) is 0 Å². The average Bonchev–Trinajstić information content (AvgIpc) is 2.81. The molecule has 3 heterocycles. The first-order chi connectivity index (χ1) is 15.1. The Balaban J connectivity index is 1.44. The first-order valence-corrected chi connectivity index (χ1v) is 10.2. The summed E-state index contributed by atoms with van der Waals surface area (Å²) in [6.07, 6.45) is 3.44. The van der Waals surface area contributed by atoms with Crippen LogP contribution in [0.5, 0.6) is 0 Å². The number of carbonyl (C=O) groups is 1. The fraction of sp³-hybridized carbons (Fsp3) is 0.227. The summed E-state index contributed by atoms with van der Waals surface area (Å²) in [7, 11) is 0. The van der Waals surface area contributed by atoms with E-state index in [1.165, 1.54) is 0 Å². The van der Waals surface area contributed by atoms with E-state index >= 15 is 0 Å². The number of anilines is 5. The van der Waals surface area contributed by atoms with Gasteiger partial charge in [0.15, 0.2) is 0 Å². The van der Waals surface area contributed by atoms with E-state index in [0.29, 0.717) is 17.6 Å². The van der Waals surface area contributed by atoms with E-state index in [0.717, 1.165) is 43.0 Å². The zero-order chi connectivity index (χ0) is 21.6. The van der Waals surface area contributed by atoms with E-state index in [1.807, 2.05) is 35.2 Å². The third-order valence-corrected chi connectivity index (χ3v) is 5.16. The van der Waals surface area contributed by atoms with Crippen LogP contribution in [-0.2, 0) is 4.79 Å². The van der Waals surface area contributed by atoms with Gasteiger partial charge in [-0.25, -0.2) is 0 Å². The van der Waals surface area contributed by atoms with Gasteiger partial charge in [0.25, 0.3) is 0 Å². The van der Waals surface area contributed by atoms with Gasteiger partial charge < -0.3 is 4.90 Å². The molecule has 0 saturated carbocycles. The van der Waals surface area contributed by atoms with Gasteiger partial charge in [0.1, 0.15) is 0 Å². The Labute approximate surface area is 182 Å². The van der Waals surface area contributed by atoms with Crippen LogP contribution in [0.1, 0.15) is 6.92 Å². The van der Waals surface area contributed by atoms with E-state index < -0.39 is 0 Å². The van der Waals surface area contributed by atoms with Crippen LogP contribution in [0.4, 0.5) is 29.0 Å². The zero-order valence-electron chi connectivity index (χ0n) is 17.5. The molecule has 0 radical (unpaired) electrons. The standard InChI is InChI=1S/C22H24BN7O/c1-16(31)29-11-13-30(14-12-29)18-8-6-17(7-9-18)26-22-25-15-19(23-2)21(28-22)27-20-5-3-4-10-24-20/h3-10,15H,2,11-14H2,1H3,(H2,24,25,26,27,28). The fourth-order valence-electron chi connectivity index (χ4n) is 3.42. The van der Waals surface area contributed by atoms with Gasteiger partial charge in [-0.2, -0.15) is 0 Å². The monoisotopic (exact) mass is 413 g/mol. The molecule has 1 aliphatic heterocycles. The maximum absolute atomic E-state index is 11.5. The minimum atomic E-state index is 0.138. The number of nitrogens with one attached hydrogen (secondary N) is 2. The number of hydrogen-bond acceptors (Lipinski definition) is 7. The molecule has 9 heteroatoms. The molecule has 2 aromatic heterocycles. The Morgan fingerprint density at radius 3 is 2.45 bits per heavy atom. The van der Waals surface area contributed by atoms with Crippen molar-refractivity contribution in [2.45, 2.75) is 6.92 Å². The molecule has 8 nitrogen and oxygen atoms in total. The molecule has 2 N–H and O–H groups in total. The normalized spacial score (nSPS) is 13.5. The second-order valence-electron chi connectivity index (χ2n) is 7.21. The molecular weight excluding hydrogens is 389 g/mol. The van der Waals surface area contributed by atoms with Gasteiger partial charge in [-0.3, -0.25) is 4.79 Å². The van der Waals surface area contributed by atoms with Crippen molar-refractivity contribution in [3.63, 3.8) is 0 Å². The number of hydrogen-bond donors (Lipinski definition) is 2. The molecule has 0 spiro atoms. The Kier molecular flexibility index (Phi) is 6.21. The second kappa shape index (κ2) is 9.38. The summed E-state index contributed by atoms with van der Waals surface area (Å²) < 4.78 is 0. The van der Waals surface area contributed by atoms with Gasteiger partial charge in [0, 0.05) is 6.92 Å². The van der Waals surface area contributed by atoms with Crippen molar-refractivity contribution in [3.8, 4) is 0 Å². The molecule has 31 heavy (non-hydrogen) atoms. The Bertz CT molecular complexity index is 1050. The number of rotatable bonds is 6. The van der Waals surface area contributed by atoms with Crippen LogP contribution in [0.25, 0.3) is 0 Å². The summed E-state index contributed by atoms with van der Waals surface area (Å²) >= 11 is 0. The number of benzene rings is 1. The van der Waals surface area contributed by atoms with Crippen molar-refractivity contribution in [2.24, 2.45) is 0 Å². The number of pyridine rings is 1. The summed E-state index contributed by atoms with van der Waals surface area (Å²) in [6.45, 7) is 10.3. The molecule has 3 aromatic rings.